The molecule has 2 rings (SSSR count). The molecule has 4 heteroatoms. The molecule has 1 aromatic rings. The van der Waals surface area contributed by atoms with Crippen LogP contribution >= 0.6 is 12.4 Å². The molecule has 1 aliphatic heterocycles. The SMILES string of the molecule is COc1ccc(N)cc1N1CCC(C)CC1.Cl. The number of halogens is 1. The van der Waals surface area contributed by atoms with Gasteiger partial charge in [0.2, 0.25) is 0 Å². The van der Waals surface area contributed by atoms with E-state index in [1.165, 1.54) is 12.8 Å². The van der Waals surface area contributed by atoms with Crippen LogP contribution in [0, 0.1) is 5.92 Å². The first-order valence-corrected chi connectivity index (χ1v) is 5.89. The molecule has 0 aliphatic carbocycles. The average molecular weight is 257 g/mol. The van der Waals surface area contributed by atoms with Crippen LogP contribution in [0.4, 0.5) is 11.4 Å². The van der Waals surface area contributed by atoms with Crippen molar-refractivity contribution in [3.8, 4) is 5.75 Å². The van der Waals surface area contributed by atoms with Crippen LogP contribution in [0.2, 0.25) is 0 Å². The van der Waals surface area contributed by atoms with E-state index in [4.69, 9.17) is 10.5 Å². The van der Waals surface area contributed by atoms with E-state index >= 15 is 0 Å². The Morgan fingerprint density at radius 2 is 1.94 bits per heavy atom. The molecule has 2 N–H and O–H groups in total. The minimum atomic E-state index is 0. The van der Waals surface area contributed by atoms with Gasteiger partial charge in [0, 0.05) is 18.8 Å². The van der Waals surface area contributed by atoms with E-state index in [9.17, 15) is 0 Å². The maximum Gasteiger partial charge on any atom is 0.142 e. The normalized spacial score (nSPS) is 16.5. The van der Waals surface area contributed by atoms with Gasteiger partial charge in [-0.1, -0.05) is 6.92 Å². The molecule has 0 amide bonds. The monoisotopic (exact) mass is 256 g/mol. The van der Waals surface area contributed by atoms with Crippen LogP contribution in [0.1, 0.15) is 19.8 Å². The molecular weight excluding hydrogens is 236 g/mol. The number of rotatable bonds is 2. The summed E-state index contributed by atoms with van der Waals surface area (Å²) < 4.78 is 5.38. The number of hydrogen-bond acceptors (Lipinski definition) is 3. The third kappa shape index (κ3) is 3.19. The molecule has 96 valence electrons. The number of nitrogens with two attached hydrogens (primary N) is 1. The predicted octanol–water partition coefficient (Wildman–Crippen LogP) is 2.94. The summed E-state index contributed by atoms with van der Waals surface area (Å²) in [4.78, 5) is 2.37. The number of benzene rings is 1. The van der Waals surface area contributed by atoms with E-state index in [0.29, 0.717) is 0 Å². The molecule has 0 unspecified atom stereocenters. The topological polar surface area (TPSA) is 38.5 Å². The smallest absolute Gasteiger partial charge is 0.142 e. The van der Waals surface area contributed by atoms with Crippen molar-refractivity contribution >= 4 is 23.8 Å². The van der Waals surface area contributed by atoms with E-state index in [0.717, 1.165) is 36.1 Å². The van der Waals surface area contributed by atoms with E-state index in [2.05, 4.69) is 11.8 Å². The first kappa shape index (κ1) is 14.0. The molecule has 0 saturated carbocycles. The molecule has 0 spiro atoms. The molecule has 1 fully saturated rings. The van der Waals surface area contributed by atoms with E-state index in [-0.39, 0.29) is 12.4 Å². The molecule has 3 nitrogen and oxygen atoms in total. The highest BCUT2D eigenvalue weighted by molar-refractivity contribution is 5.85. The lowest BCUT2D eigenvalue weighted by molar-refractivity contribution is 0.404. The summed E-state index contributed by atoms with van der Waals surface area (Å²) in [5.74, 6) is 1.76. The molecule has 1 aromatic carbocycles. The van der Waals surface area contributed by atoms with Gasteiger partial charge in [0.05, 0.1) is 12.8 Å². The van der Waals surface area contributed by atoms with Gasteiger partial charge >= 0.3 is 0 Å². The van der Waals surface area contributed by atoms with E-state index in [1.54, 1.807) is 7.11 Å². The van der Waals surface area contributed by atoms with Crippen LogP contribution in [-0.2, 0) is 0 Å². The van der Waals surface area contributed by atoms with Gasteiger partial charge in [-0.15, -0.1) is 12.4 Å². The van der Waals surface area contributed by atoms with Crippen LogP contribution in [0.5, 0.6) is 5.75 Å². The molecule has 0 aromatic heterocycles. The molecule has 0 atom stereocenters. The third-order valence-electron chi connectivity index (χ3n) is 3.33. The molecule has 1 heterocycles. The van der Waals surface area contributed by atoms with Crippen LogP contribution in [0.3, 0.4) is 0 Å². The first-order valence-electron chi connectivity index (χ1n) is 5.89. The number of nitrogens with zero attached hydrogens (tertiary/aromatic N) is 1. The number of piperidine rings is 1. The van der Waals surface area contributed by atoms with E-state index in [1.807, 2.05) is 18.2 Å². The highest BCUT2D eigenvalue weighted by atomic mass is 35.5. The number of hydrogen-bond donors (Lipinski definition) is 1. The minimum Gasteiger partial charge on any atom is -0.495 e. The van der Waals surface area contributed by atoms with Crippen molar-refractivity contribution in [1.29, 1.82) is 0 Å². The third-order valence-corrected chi connectivity index (χ3v) is 3.33. The number of methoxy groups -OCH3 is 1. The number of nitrogen functional groups attached to an aromatic ring is 1. The summed E-state index contributed by atoms with van der Waals surface area (Å²) in [5.41, 5.74) is 7.77. The Hall–Kier alpha value is -1.09. The Labute approximate surface area is 109 Å². The van der Waals surface area contributed by atoms with Crippen molar-refractivity contribution in [2.24, 2.45) is 5.92 Å². The van der Waals surface area contributed by atoms with Crippen molar-refractivity contribution in [1.82, 2.24) is 0 Å². The van der Waals surface area contributed by atoms with E-state index < -0.39 is 0 Å². The quantitative estimate of drug-likeness (QED) is 0.827. The van der Waals surface area contributed by atoms with Gasteiger partial charge in [0.15, 0.2) is 0 Å². The molecule has 0 bridgehead atoms. The fourth-order valence-corrected chi connectivity index (χ4v) is 2.20. The maximum absolute atomic E-state index is 5.83. The molecular formula is C13H21ClN2O. The van der Waals surface area contributed by atoms with Crippen molar-refractivity contribution in [2.75, 3.05) is 30.8 Å². The Morgan fingerprint density at radius 1 is 1.29 bits per heavy atom. The summed E-state index contributed by atoms with van der Waals surface area (Å²) in [6.45, 7) is 4.51. The number of anilines is 2. The fraction of sp³-hybridized carbons (Fsp3) is 0.538. The summed E-state index contributed by atoms with van der Waals surface area (Å²) in [6.07, 6.45) is 2.50. The van der Waals surface area contributed by atoms with Crippen LogP contribution in [-0.4, -0.2) is 20.2 Å². The number of ether oxygens (including phenoxy) is 1. The second kappa shape index (κ2) is 6.01. The Balaban J connectivity index is 0.00000144. The Bertz CT molecular complexity index is 362. The van der Waals surface area contributed by atoms with Crippen molar-refractivity contribution in [3.05, 3.63) is 18.2 Å². The van der Waals surface area contributed by atoms with Crippen molar-refractivity contribution in [2.45, 2.75) is 19.8 Å². The highest BCUT2D eigenvalue weighted by Gasteiger charge is 2.18. The predicted molar refractivity (Wildman–Crippen MR) is 75.3 cm³/mol. The summed E-state index contributed by atoms with van der Waals surface area (Å²) >= 11 is 0. The molecule has 0 radical (unpaired) electrons. The minimum absolute atomic E-state index is 0. The van der Waals surface area contributed by atoms with Crippen LogP contribution in [0.25, 0.3) is 0 Å². The molecule has 1 aliphatic rings. The highest BCUT2D eigenvalue weighted by Crippen LogP contribution is 2.32. The summed E-state index contributed by atoms with van der Waals surface area (Å²) in [5, 5.41) is 0. The average Bonchev–Trinajstić information content (AvgIpc) is 2.30. The lowest BCUT2D eigenvalue weighted by Gasteiger charge is -2.33. The van der Waals surface area contributed by atoms with Gasteiger partial charge < -0.3 is 15.4 Å². The maximum atomic E-state index is 5.83. The zero-order chi connectivity index (χ0) is 11.5. The largest absolute Gasteiger partial charge is 0.495 e. The second-order valence-corrected chi connectivity index (χ2v) is 4.60. The lowest BCUT2D eigenvalue weighted by atomic mass is 9.98. The summed E-state index contributed by atoms with van der Waals surface area (Å²) in [7, 11) is 1.71. The fourth-order valence-electron chi connectivity index (χ4n) is 2.20. The van der Waals surface area contributed by atoms with Gasteiger partial charge in [0.1, 0.15) is 5.75 Å². The second-order valence-electron chi connectivity index (χ2n) is 4.60. The van der Waals surface area contributed by atoms with Gasteiger partial charge in [0.25, 0.3) is 0 Å². The van der Waals surface area contributed by atoms with Gasteiger partial charge in [-0.3, -0.25) is 0 Å². The lowest BCUT2D eigenvalue weighted by Crippen LogP contribution is -2.33. The zero-order valence-corrected chi connectivity index (χ0v) is 11.3. The molecule has 1 saturated heterocycles. The zero-order valence-electron chi connectivity index (χ0n) is 10.5. The van der Waals surface area contributed by atoms with Gasteiger partial charge in [-0.25, -0.2) is 0 Å². The van der Waals surface area contributed by atoms with Crippen LogP contribution in [0.15, 0.2) is 18.2 Å². The van der Waals surface area contributed by atoms with Gasteiger partial charge in [-0.2, -0.15) is 0 Å². The van der Waals surface area contributed by atoms with Crippen LogP contribution < -0.4 is 15.4 Å². The first-order chi connectivity index (χ1) is 7.70. The van der Waals surface area contributed by atoms with Crippen molar-refractivity contribution < 1.29 is 4.74 Å². The standard InChI is InChI=1S/C13H20N2O.ClH/c1-10-5-7-15(8-6-10)12-9-11(14)3-4-13(12)16-2;/h3-4,9-10H,5-8,14H2,1-2H3;1H. The Kier molecular flexibility index (Phi) is 4.94. The van der Waals surface area contributed by atoms with Gasteiger partial charge in [-0.05, 0) is 37.0 Å². The Morgan fingerprint density at radius 3 is 2.53 bits per heavy atom. The van der Waals surface area contributed by atoms with Crippen molar-refractivity contribution in [3.63, 3.8) is 0 Å². The summed E-state index contributed by atoms with van der Waals surface area (Å²) in [6, 6.07) is 5.84. The molecule has 17 heavy (non-hydrogen) atoms.